The van der Waals surface area contributed by atoms with E-state index < -0.39 is 0 Å². The van der Waals surface area contributed by atoms with Crippen LogP contribution in [0.25, 0.3) is 0 Å². The predicted octanol–water partition coefficient (Wildman–Crippen LogP) is 3.41. The number of nitrogens with zero attached hydrogens (tertiary/aromatic N) is 1. The second kappa shape index (κ2) is 10.3. The predicted molar refractivity (Wildman–Crippen MR) is 101 cm³/mol. The van der Waals surface area contributed by atoms with Gasteiger partial charge in [-0.2, -0.15) is 0 Å². The number of methoxy groups -OCH3 is 1. The van der Waals surface area contributed by atoms with Crippen LogP contribution in [-0.4, -0.2) is 32.4 Å². The van der Waals surface area contributed by atoms with Gasteiger partial charge in [-0.15, -0.1) is 0 Å². The highest BCUT2D eigenvalue weighted by molar-refractivity contribution is 6.30. The molecule has 0 radical (unpaired) electrons. The zero-order valence-corrected chi connectivity index (χ0v) is 15.5. The first kappa shape index (κ1) is 19.6. The maximum absolute atomic E-state index is 11.3. The van der Waals surface area contributed by atoms with Crippen LogP contribution >= 0.6 is 11.6 Å². The van der Waals surface area contributed by atoms with Gasteiger partial charge in [0.1, 0.15) is 6.61 Å². The molecule has 2 rings (SSSR count). The number of amides is 1. The van der Waals surface area contributed by atoms with Crippen LogP contribution in [0.15, 0.2) is 47.6 Å². The smallest absolute Gasteiger partial charge is 0.260 e. The third kappa shape index (κ3) is 6.29. The molecule has 0 aromatic heterocycles. The van der Waals surface area contributed by atoms with Gasteiger partial charge in [0.15, 0.2) is 18.1 Å². The van der Waals surface area contributed by atoms with Crippen molar-refractivity contribution in [2.24, 2.45) is 5.16 Å². The number of hydrogen-bond donors (Lipinski definition) is 1. The third-order valence-electron chi connectivity index (χ3n) is 3.34. The zero-order valence-electron chi connectivity index (χ0n) is 14.7. The zero-order chi connectivity index (χ0) is 18.8. The average molecular weight is 377 g/mol. The molecular weight excluding hydrogens is 356 g/mol. The van der Waals surface area contributed by atoms with Crippen molar-refractivity contribution in [1.29, 1.82) is 0 Å². The molecule has 0 bridgehead atoms. The number of carbonyl (C=O) groups excluding carboxylic acids is 1. The molecule has 0 aliphatic heterocycles. The van der Waals surface area contributed by atoms with Crippen molar-refractivity contribution >= 4 is 23.7 Å². The number of halogens is 1. The molecule has 0 aliphatic carbocycles. The summed E-state index contributed by atoms with van der Waals surface area (Å²) in [5.74, 6) is 0.975. The number of carbonyl (C=O) groups is 1. The monoisotopic (exact) mass is 376 g/mol. The summed E-state index contributed by atoms with van der Waals surface area (Å²) in [6.07, 6.45) is 1.50. The second-order valence-corrected chi connectivity index (χ2v) is 5.72. The molecule has 26 heavy (non-hydrogen) atoms. The van der Waals surface area contributed by atoms with Gasteiger partial charge in [0, 0.05) is 17.1 Å². The van der Waals surface area contributed by atoms with Crippen LogP contribution in [-0.2, 0) is 16.2 Å². The molecule has 0 fully saturated rings. The minimum Gasteiger partial charge on any atom is -0.493 e. The van der Waals surface area contributed by atoms with E-state index in [9.17, 15) is 4.79 Å². The lowest BCUT2D eigenvalue weighted by atomic mass is 10.2. The Morgan fingerprint density at radius 2 is 1.96 bits per heavy atom. The Bertz CT molecular complexity index is 748. The van der Waals surface area contributed by atoms with Crippen molar-refractivity contribution < 1.29 is 19.1 Å². The molecule has 0 atom stereocenters. The van der Waals surface area contributed by atoms with E-state index in [4.69, 9.17) is 25.9 Å². The van der Waals surface area contributed by atoms with E-state index >= 15 is 0 Å². The topological polar surface area (TPSA) is 69.2 Å². The molecule has 2 aromatic carbocycles. The highest BCUT2D eigenvalue weighted by atomic mass is 35.5. The molecule has 0 saturated carbocycles. The molecule has 7 heteroatoms. The maximum atomic E-state index is 11.3. The van der Waals surface area contributed by atoms with E-state index in [0.717, 1.165) is 11.1 Å². The number of ether oxygens (including phenoxy) is 2. The number of benzene rings is 2. The van der Waals surface area contributed by atoms with Gasteiger partial charge >= 0.3 is 0 Å². The van der Waals surface area contributed by atoms with Crippen LogP contribution in [0.2, 0.25) is 5.02 Å². The van der Waals surface area contributed by atoms with Crippen molar-refractivity contribution in [2.45, 2.75) is 13.5 Å². The lowest BCUT2D eigenvalue weighted by molar-refractivity contribution is -0.125. The molecule has 0 aliphatic rings. The number of rotatable bonds is 9. The van der Waals surface area contributed by atoms with Crippen molar-refractivity contribution in [3.05, 3.63) is 58.6 Å². The molecule has 0 saturated heterocycles. The van der Waals surface area contributed by atoms with Gasteiger partial charge in [0.05, 0.1) is 13.3 Å². The standard InChI is InChI=1S/C19H21ClN2O4/c1-3-21-19(23)13-26-22-11-15-6-9-17(18(10-15)24-2)25-12-14-4-7-16(20)8-5-14/h4-11H,3,12-13H2,1-2H3,(H,21,23)/b22-11+. The molecule has 0 unspecified atom stereocenters. The van der Waals surface area contributed by atoms with E-state index in [2.05, 4.69) is 10.5 Å². The number of oxime groups is 1. The molecule has 138 valence electrons. The molecule has 2 aromatic rings. The van der Waals surface area contributed by atoms with Crippen LogP contribution in [0.4, 0.5) is 0 Å². The molecular formula is C19H21ClN2O4. The lowest BCUT2D eigenvalue weighted by Crippen LogP contribution is -2.26. The van der Waals surface area contributed by atoms with Gasteiger partial charge in [0.25, 0.3) is 5.91 Å². The van der Waals surface area contributed by atoms with E-state index in [-0.39, 0.29) is 12.5 Å². The van der Waals surface area contributed by atoms with Crippen LogP contribution in [0, 0.1) is 0 Å². The number of nitrogens with one attached hydrogen (secondary N) is 1. The maximum Gasteiger partial charge on any atom is 0.260 e. The second-order valence-electron chi connectivity index (χ2n) is 5.29. The Labute approximate surface area is 157 Å². The Balaban J connectivity index is 1.93. The van der Waals surface area contributed by atoms with Gasteiger partial charge < -0.3 is 19.6 Å². The number of likely N-dealkylation sites (N-methyl/N-ethyl adjacent to an activating group) is 1. The fourth-order valence-corrected chi connectivity index (χ4v) is 2.19. The Hall–Kier alpha value is -2.73. The minimum atomic E-state index is -0.215. The Morgan fingerprint density at radius 1 is 1.19 bits per heavy atom. The molecule has 1 N–H and O–H groups in total. The van der Waals surface area contributed by atoms with Gasteiger partial charge in [-0.3, -0.25) is 4.79 Å². The van der Waals surface area contributed by atoms with Gasteiger partial charge in [-0.05, 0) is 42.8 Å². The van der Waals surface area contributed by atoms with E-state index in [1.165, 1.54) is 6.21 Å². The van der Waals surface area contributed by atoms with Crippen LogP contribution in [0.1, 0.15) is 18.1 Å². The van der Waals surface area contributed by atoms with E-state index in [1.807, 2.05) is 37.3 Å². The first-order valence-electron chi connectivity index (χ1n) is 8.09. The summed E-state index contributed by atoms with van der Waals surface area (Å²) in [6, 6.07) is 12.8. The largest absolute Gasteiger partial charge is 0.493 e. The average Bonchev–Trinajstić information content (AvgIpc) is 2.65. The first-order chi connectivity index (χ1) is 12.6. The SMILES string of the molecule is CCNC(=O)CO/N=C/c1ccc(OCc2ccc(Cl)cc2)c(OC)c1. The highest BCUT2D eigenvalue weighted by Crippen LogP contribution is 2.28. The van der Waals surface area contributed by atoms with E-state index in [0.29, 0.717) is 29.7 Å². The Morgan fingerprint density at radius 3 is 2.65 bits per heavy atom. The molecule has 1 amide bonds. The Kier molecular flexibility index (Phi) is 7.76. The van der Waals surface area contributed by atoms with Gasteiger partial charge in [0.2, 0.25) is 0 Å². The van der Waals surface area contributed by atoms with Crippen LogP contribution in [0.5, 0.6) is 11.5 Å². The summed E-state index contributed by atoms with van der Waals surface area (Å²) in [5, 5.41) is 7.08. The summed E-state index contributed by atoms with van der Waals surface area (Å²) in [6.45, 7) is 2.67. The van der Waals surface area contributed by atoms with Crippen LogP contribution in [0.3, 0.4) is 0 Å². The van der Waals surface area contributed by atoms with Crippen molar-refractivity contribution in [3.63, 3.8) is 0 Å². The summed E-state index contributed by atoms with van der Waals surface area (Å²) in [7, 11) is 1.57. The summed E-state index contributed by atoms with van der Waals surface area (Å²) < 4.78 is 11.2. The minimum absolute atomic E-state index is 0.121. The normalized spacial score (nSPS) is 10.6. The fraction of sp³-hybridized carbons (Fsp3) is 0.263. The lowest BCUT2D eigenvalue weighted by Gasteiger charge is -2.11. The van der Waals surface area contributed by atoms with Crippen molar-refractivity contribution in [1.82, 2.24) is 5.32 Å². The molecule has 6 nitrogen and oxygen atoms in total. The first-order valence-corrected chi connectivity index (χ1v) is 8.47. The number of hydrogen-bond acceptors (Lipinski definition) is 5. The summed E-state index contributed by atoms with van der Waals surface area (Å²) in [4.78, 5) is 16.2. The third-order valence-corrected chi connectivity index (χ3v) is 3.59. The summed E-state index contributed by atoms with van der Waals surface area (Å²) >= 11 is 5.87. The van der Waals surface area contributed by atoms with E-state index in [1.54, 1.807) is 19.2 Å². The molecule has 0 spiro atoms. The van der Waals surface area contributed by atoms with Crippen molar-refractivity contribution in [3.8, 4) is 11.5 Å². The van der Waals surface area contributed by atoms with Crippen LogP contribution < -0.4 is 14.8 Å². The molecule has 0 heterocycles. The summed E-state index contributed by atoms with van der Waals surface area (Å²) in [5.41, 5.74) is 1.76. The quantitative estimate of drug-likeness (QED) is 0.538. The fourth-order valence-electron chi connectivity index (χ4n) is 2.07. The van der Waals surface area contributed by atoms with Gasteiger partial charge in [-0.1, -0.05) is 28.9 Å². The van der Waals surface area contributed by atoms with Crippen molar-refractivity contribution in [2.75, 3.05) is 20.3 Å². The highest BCUT2D eigenvalue weighted by Gasteiger charge is 2.06. The van der Waals surface area contributed by atoms with Gasteiger partial charge in [-0.25, -0.2) is 0 Å².